The largest absolute Gasteiger partial charge is 0.135 e. The Morgan fingerprint density at radius 1 is 0.371 bits per heavy atom. The number of hydrogen-bond donors (Lipinski definition) is 0. The number of fused-ring (bicyclic) bond motifs is 10. The van der Waals surface area contributed by atoms with Gasteiger partial charge in [0.15, 0.2) is 0 Å². The molecular weight excluding hydrogens is 440 g/mol. The molecule has 1 heteroatoms. The van der Waals surface area contributed by atoms with Gasteiger partial charge in [0.05, 0.1) is 0 Å². The van der Waals surface area contributed by atoms with E-state index in [2.05, 4.69) is 121 Å². The lowest BCUT2D eigenvalue weighted by Gasteiger charge is -2.15. The molecule has 1 aromatic heterocycles. The molecule has 8 aromatic rings. The lowest BCUT2D eigenvalue weighted by atomic mass is 9.89. The first-order chi connectivity index (χ1) is 17.3. The van der Waals surface area contributed by atoms with Gasteiger partial charge in [-0.25, -0.2) is 0 Å². The number of thiophene rings is 1. The average molecular weight is 461 g/mol. The van der Waals surface area contributed by atoms with Crippen LogP contribution in [0.4, 0.5) is 0 Å². The molecule has 0 unspecified atom stereocenters. The Hall–Kier alpha value is -4.20. The topological polar surface area (TPSA) is 0 Å². The van der Waals surface area contributed by atoms with Crippen LogP contribution >= 0.6 is 11.3 Å². The van der Waals surface area contributed by atoms with Crippen molar-refractivity contribution in [3.05, 3.63) is 121 Å². The first kappa shape index (κ1) is 19.1. The van der Waals surface area contributed by atoms with E-state index in [-0.39, 0.29) is 0 Å². The van der Waals surface area contributed by atoms with E-state index in [1.54, 1.807) is 0 Å². The molecule has 1 heterocycles. The smallest absolute Gasteiger partial charge is 0.0355 e. The maximum Gasteiger partial charge on any atom is 0.0355 e. The molecule has 0 spiro atoms. The first-order valence-electron chi connectivity index (χ1n) is 12.0. The van der Waals surface area contributed by atoms with Crippen LogP contribution in [0.2, 0.25) is 0 Å². The Balaban J connectivity index is 1.52. The van der Waals surface area contributed by atoms with Gasteiger partial charge in [0.2, 0.25) is 0 Å². The molecule has 0 saturated heterocycles. The SMILES string of the molecule is c1ccc2c(c1)ccc1c2ccc2c(-c3ccc4sc5ccccc5c4c3)cc3ccccc3c21. The molecule has 0 aliphatic heterocycles. The number of benzene rings is 7. The minimum Gasteiger partial charge on any atom is -0.135 e. The summed E-state index contributed by atoms with van der Waals surface area (Å²) >= 11 is 1.87. The fraction of sp³-hybridized carbons (Fsp3) is 0. The molecule has 0 radical (unpaired) electrons. The van der Waals surface area contributed by atoms with Crippen molar-refractivity contribution in [3.8, 4) is 11.1 Å². The highest BCUT2D eigenvalue weighted by molar-refractivity contribution is 7.25. The first-order valence-corrected chi connectivity index (χ1v) is 12.8. The molecule has 0 aliphatic carbocycles. The summed E-state index contributed by atoms with van der Waals surface area (Å²) in [6.07, 6.45) is 0. The van der Waals surface area contributed by atoms with Crippen LogP contribution in [-0.2, 0) is 0 Å². The fourth-order valence-corrected chi connectivity index (χ4v) is 6.91. The third-order valence-electron chi connectivity index (χ3n) is 7.43. The zero-order valence-electron chi connectivity index (χ0n) is 19.0. The zero-order valence-corrected chi connectivity index (χ0v) is 19.8. The molecule has 8 rings (SSSR count). The fourth-order valence-electron chi connectivity index (χ4n) is 5.82. The van der Waals surface area contributed by atoms with Crippen LogP contribution in [0.5, 0.6) is 0 Å². The van der Waals surface area contributed by atoms with E-state index in [4.69, 9.17) is 0 Å². The Morgan fingerprint density at radius 3 is 1.97 bits per heavy atom. The van der Waals surface area contributed by atoms with Gasteiger partial charge in [-0.15, -0.1) is 11.3 Å². The standard InChI is InChI=1S/C34H20S/c1-3-9-24-21(7-1)13-15-28-26(24)16-17-29-30(19-22-8-2-4-10-25(22)34(28)29)23-14-18-33-31(20-23)27-11-5-6-12-32(27)35-33/h1-20H. The minimum atomic E-state index is 1.27. The number of hydrogen-bond acceptors (Lipinski definition) is 1. The molecule has 35 heavy (non-hydrogen) atoms. The Kier molecular flexibility index (Phi) is 3.91. The highest BCUT2D eigenvalue weighted by Gasteiger charge is 2.14. The van der Waals surface area contributed by atoms with E-state index in [0.717, 1.165) is 0 Å². The van der Waals surface area contributed by atoms with Crippen LogP contribution < -0.4 is 0 Å². The average Bonchev–Trinajstić information content (AvgIpc) is 3.30. The molecule has 0 nitrogen and oxygen atoms in total. The van der Waals surface area contributed by atoms with Crippen LogP contribution in [0.3, 0.4) is 0 Å². The van der Waals surface area contributed by atoms with Crippen molar-refractivity contribution >= 4 is 74.6 Å². The van der Waals surface area contributed by atoms with Crippen molar-refractivity contribution in [3.63, 3.8) is 0 Å². The van der Waals surface area contributed by atoms with Gasteiger partial charge in [-0.3, -0.25) is 0 Å². The number of rotatable bonds is 1. The molecule has 162 valence electrons. The highest BCUT2D eigenvalue weighted by atomic mass is 32.1. The quantitative estimate of drug-likeness (QED) is 0.214. The summed E-state index contributed by atoms with van der Waals surface area (Å²) < 4.78 is 2.69. The Labute approximate surface area is 206 Å². The van der Waals surface area contributed by atoms with E-state index < -0.39 is 0 Å². The predicted molar refractivity (Wildman–Crippen MR) is 155 cm³/mol. The van der Waals surface area contributed by atoms with E-state index >= 15 is 0 Å². The molecule has 0 fully saturated rings. The predicted octanol–water partition coefficient (Wildman–Crippen LogP) is 10.3. The summed E-state index contributed by atoms with van der Waals surface area (Å²) in [4.78, 5) is 0. The van der Waals surface area contributed by atoms with Gasteiger partial charge in [-0.2, -0.15) is 0 Å². The summed E-state index contributed by atoms with van der Waals surface area (Å²) in [5, 5.41) is 13.2. The van der Waals surface area contributed by atoms with Gasteiger partial charge in [-0.05, 0) is 78.5 Å². The van der Waals surface area contributed by atoms with Gasteiger partial charge in [-0.1, -0.05) is 97.1 Å². The van der Waals surface area contributed by atoms with Crippen LogP contribution in [0, 0.1) is 0 Å². The van der Waals surface area contributed by atoms with Crippen LogP contribution in [0.15, 0.2) is 121 Å². The molecule has 0 amide bonds. The van der Waals surface area contributed by atoms with Crippen molar-refractivity contribution in [2.45, 2.75) is 0 Å². The van der Waals surface area contributed by atoms with Gasteiger partial charge in [0.25, 0.3) is 0 Å². The van der Waals surface area contributed by atoms with Crippen molar-refractivity contribution < 1.29 is 0 Å². The Bertz CT molecular complexity index is 2110. The third kappa shape index (κ3) is 2.73. The maximum absolute atomic E-state index is 2.39. The molecule has 0 atom stereocenters. The monoisotopic (exact) mass is 460 g/mol. The summed E-state index contributed by atoms with van der Waals surface area (Å²) in [6, 6.07) is 44.9. The van der Waals surface area contributed by atoms with E-state index in [9.17, 15) is 0 Å². The molecule has 0 aliphatic rings. The maximum atomic E-state index is 2.39. The van der Waals surface area contributed by atoms with Crippen LogP contribution in [-0.4, -0.2) is 0 Å². The summed E-state index contributed by atoms with van der Waals surface area (Å²) in [7, 11) is 0. The second-order valence-electron chi connectivity index (χ2n) is 9.32. The third-order valence-corrected chi connectivity index (χ3v) is 8.59. The van der Waals surface area contributed by atoms with Gasteiger partial charge in [0, 0.05) is 20.2 Å². The molecule has 0 bridgehead atoms. The van der Waals surface area contributed by atoms with Crippen LogP contribution in [0.25, 0.3) is 74.4 Å². The summed E-state index contributed by atoms with van der Waals surface area (Å²) in [6.45, 7) is 0. The van der Waals surface area contributed by atoms with Gasteiger partial charge < -0.3 is 0 Å². The molecule has 0 saturated carbocycles. The zero-order chi connectivity index (χ0) is 22.9. The highest BCUT2D eigenvalue weighted by Crippen LogP contribution is 2.42. The lowest BCUT2D eigenvalue weighted by Crippen LogP contribution is -1.87. The van der Waals surface area contributed by atoms with Crippen molar-refractivity contribution in [2.24, 2.45) is 0 Å². The second kappa shape index (κ2) is 7.15. The normalized spacial score (nSPS) is 12.0. The van der Waals surface area contributed by atoms with Crippen LogP contribution in [0.1, 0.15) is 0 Å². The van der Waals surface area contributed by atoms with E-state index in [1.807, 2.05) is 11.3 Å². The molecule has 0 N–H and O–H groups in total. The van der Waals surface area contributed by atoms with Crippen molar-refractivity contribution in [1.29, 1.82) is 0 Å². The second-order valence-corrected chi connectivity index (χ2v) is 10.4. The van der Waals surface area contributed by atoms with E-state index in [0.29, 0.717) is 0 Å². The van der Waals surface area contributed by atoms with Crippen molar-refractivity contribution in [1.82, 2.24) is 0 Å². The summed E-state index contributed by atoms with van der Waals surface area (Å²) in [5.74, 6) is 0. The molecular formula is C34H20S. The van der Waals surface area contributed by atoms with Gasteiger partial charge >= 0.3 is 0 Å². The summed E-state index contributed by atoms with van der Waals surface area (Å²) in [5.41, 5.74) is 2.57. The lowest BCUT2D eigenvalue weighted by molar-refractivity contribution is 1.73. The van der Waals surface area contributed by atoms with E-state index in [1.165, 1.54) is 74.4 Å². The Morgan fingerprint density at radius 2 is 1.06 bits per heavy atom. The van der Waals surface area contributed by atoms with Crippen molar-refractivity contribution in [2.75, 3.05) is 0 Å². The minimum absolute atomic E-state index is 1.27. The molecule has 7 aromatic carbocycles. The van der Waals surface area contributed by atoms with Gasteiger partial charge in [0.1, 0.15) is 0 Å².